The third-order valence-corrected chi connectivity index (χ3v) is 9.48. The number of fused-ring (bicyclic) bond motifs is 3. The average Bonchev–Trinajstić information content (AvgIpc) is 3.08. The van der Waals surface area contributed by atoms with Crippen LogP contribution in [0.3, 0.4) is 0 Å². The summed E-state index contributed by atoms with van der Waals surface area (Å²) in [5.74, 6) is 6.50. The van der Waals surface area contributed by atoms with E-state index in [2.05, 4.69) is 34.6 Å². The van der Waals surface area contributed by atoms with Crippen LogP contribution in [-0.2, 0) is 4.79 Å². The van der Waals surface area contributed by atoms with Gasteiger partial charge in [0.15, 0.2) is 0 Å². The second-order valence-electron chi connectivity index (χ2n) is 11.7. The number of hydrogen-bond acceptors (Lipinski definition) is 2. The minimum absolute atomic E-state index is 0.392. The van der Waals surface area contributed by atoms with Crippen molar-refractivity contribution in [3.63, 3.8) is 0 Å². The Morgan fingerprint density at radius 2 is 1.62 bits per heavy atom. The fraction of sp³-hybridized carbons (Fsp3) is 0.966. The van der Waals surface area contributed by atoms with Crippen LogP contribution in [-0.4, -0.2) is 22.8 Å². The van der Waals surface area contributed by atoms with Crippen molar-refractivity contribution in [1.29, 1.82) is 0 Å². The number of rotatable bonds is 7. The van der Waals surface area contributed by atoms with Gasteiger partial charge >= 0.3 is 0 Å². The molecule has 0 aromatic rings. The zero-order chi connectivity index (χ0) is 24.5. The van der Waals surface area contributed by atoms with E-state index in [-0.39, 0.29) is 0 Å². The predicted molar refractivity (Wildman–Crippen MR) is 137 cm³/mol. The fourth-order valence-corrected chi connectivity index (χ4v) is 8.00. The van der Waals surface area contributed by atoms with E-state index >= 15 is 0 Å². The summed E-state index contributed by atoms with van der Waals surface area (Å²) in [4.78, 5) is 9.00. The van der Waals surface area contributed by atoms with Crippen molar-refractivity contribution >= 4 is 5.97 Å². The molecular weight excluding hydrogens is 396 g/mol. The molecule has 0 amide bonds. The van der Waals surface area contributed by atoms with Crippen LogP contribution in [0, 0.1) is 52.8 Å². The Balaban J connectivity index is 0.000000769. The van der Waals surface area contributed by atoms with E-state index in [9.17, 15) is 5.11 Å². The van der Waals surface area contributed by atoms with Crippen LogP contribution in [0.25, 0.3) is 0 Å². The first-order chi connectivity index (χ1) is 15.1. The standard InChI is InChI=1S/C25H46O.C2H4O2.C2H6/c1-17(2)7-6-8-18(3)23-11-12-24-22-10-9-20(14-16-26)19(4)21(22)13-15-25(23,24)5;1-2(3)4;1-2/h17-24,26H,6-16H2,1-5H3;1H3,(H,3,4);1-2H3/t18-,19?,20?,21?,22?,23?,24?,25?;;/m1../s1. The lowest BCUT2D eigenvalue weighted by Crippen LogP contribution is -2.47. The second-order valence-corrected chi connectivity index (χ2v) is 11.7. The molecule has 0 bridgehead atoms. The molecule has 0 saturated heterocycles. The molecule has 3 fully saturated rings. The van der Waals surface area contributed by atoms with E-state index in [4.69, 9.17) is 9.90 Å². The molecule has 7 unspecified atom stereocenters. The van der Waals surface area contributed by atoms with Gasteiger partial charge in [0.05, 0.1) is 0 Å². The van der Waals surface area contributed by atoms with Gasteiger partial charge in [-0.1, -0.05) is 67.7 Å². The van der Waals surface area contributed by atoms with Crippen LogP contribution in [0.5, 0.6) is 0 Å². The number of carboxylic acids is 1. The lowest BCUT2D eigenvalue weighted by atomic mass is 9.50. The van der Waals surface area contributed by atoms with Crippen molar-refractivity contribution in [3.05, 3.63) is 0 Å². The van der Waals surface area contributed by atoms with Gasteiger partial charge in [0.25, 0.3) is 5.97 Å². The van der Waals surface area contributed by atoms with Gasteiger partial charge in [0.1, 0.15) is 0 Å². The molecular formula is C29H56O3. The van der Waals surface area contributed by atoms with Crippen molar-refractivity contribution in [2.45, 2.75) is 120 Å². The summed E-state index contributed by atoms with van der Waals surface area (Å²) < 4.78 is 0. The fourth-order valence-electron chi connectivity index (χ4n) is 8.00. The Labute approximate surface area is 200 Å². The maximum Gasteiger partial charge on any atom is 0.300 e. The Morgan fingerprint density at radius 1 is 1.00 bits per heavy atom. The minimum atomic E-state index is -0.833. The highest BCUT2D eigenvalue weighted by molar-refractivity contribution is 5.62. The SMILES string of the molecule is CC.CC(=O)O.CC(C)CCC[C@@H](C)C1CCC2C3CCC(CCO)C(C)C3CCC21C. The zero-order valence-electron chi connectivity index (χ0n) is 22.7. The molecule has 0 aromatic heterocycles. The molecule has 3 nitrogen and oxygen atoms in total. The summed E-state index contributed by atoms with van der Waals surface area (Å²) in [5, 5.41) is 16.8. The number of aliphatic hydroxyl groups is 1. The van der Waals surface area contributed by atoms with Crippen LogP contribution in [0.15, 0.2) is 0 Å². The molecule has 3 rings (SSSR count). The van der Waals surface area contributed by atoms with Gasteiger partial charge in [-0.25, -0.2) is 0 Å². The summed E-state index contributed by atoms with van der Waals surface area (Å²) in [7, 11) is 0. The quantitative estimate of drug-likeness (QED) is 0.411. The normalized spacial score (nSPS) is 36.7. The monoisotopic (exact) mass is 452 g/mol. The van der Waals surface area contributed by atoms with Crippen LogP contribution in [0.1, 0.15) is 120 Å². The number of hydrogen-bond donors (Lipinski definition) is 2. The Kier molecular flexibility index (Phi) is 12.9. The summed E-state index contributed by atoms with van der Waals surface area (Å²) in [5.41, 5.74) is 0.627. The third-order valence-electron chi connectivity index (χ3n) is 9.48. The molecule has 2 N–H and O–H groups in total. The van der Waals surface area contributed by atoms with Gasteiger partial charge in [-0.3, -0.25) is 4.79 Å². The minimum Gasteiger partial charge on any atom is -0.481 e. The Morgan fingerprint density at radius 3 is 2.19 bits per heavy atom. The summed E-state index contributed by atoms with van der Waals surface area (Å²) >= 11 is 0. The first kappa shape index (κ1) is 29.5. The van der Waals surface area contributed by atoms with Gasteiger partial charge in [0, 0.05) is 13.5 Å². The lowest BCUT2D eigenvalue weighted by molar-refractivity contribution is -0.134. The third kappa shape index (κ3) is 7.47. The van der Waals surface area contributed by atoms with Crippen molar-refractivity contribution < 1.29 is 15.0 Å². The van der Waals surface area contributed by atoms with Gasteiger partial charge in [0.2, 0.25) is 0 Å². The van der Waals surface area contributed by atoms with Gasteiger partial charge in [-0.15, -0.1) is 0 Å². The number of carboxylic acid groups (broad SMARTS) is 1. The Hall–Kier alpha value is -0.570. The second kappa shape index (κ2) is 14.0. The van der Waals surface area contributed by atoms with Gasteiger partial charge in [-0.05, 0) is 97.7 Å². The molecule has 0 heterocycles. The zero-order valence-corrected chi connectivity index (χ0v) is 22.7. The van der Waals surface area contributed by atoms with Crippen LogP contribution < -0.4 is 0 Å². The van der Waals surface area contributed by atoms with E-state index in [1.165, 1.54) is 57.8 Å². The average molecular weight is 453 g/mol. The number of carbonyl (C=O) groups is 1. The molecule has 0 aliphatic heterocycles. The van der Waals surface area contributed by atoms with Crippen LogP contribution in [0.2, 0.25) is 0 Å². The van der Waals surface area contributed by atoms with Crippen LogP contribution in [0.4, 0.5) is 0 Å². The summed E-state index contributed by atoms with van der Waals surface area (Å²) in [6.07, 6.45) is 14.1. The summed E-state index contributed by atoms with van der Waals surface area (Å²) in [6.45, 7) is 18.0. The molecule has 8 atom stereocenters. The van der Waals surface area contributed by atoms with Crippen LogP contribution >= 0.6 is 0 Å². The predicted octanol–water partition coefficient (Wildman–Crippen LogP) is 8.05. The molecule has 3 saturated carbocycles. The van der Waals surface area contributed by atoms with Crippen molar-refractivity contribution in [2.75, 3.05) is 6.61 Å². The van der Waals surface area contributed by atoms with Gasteiger partial charge < -0.3 is 10.2 Å². The molecule has 0 aromatic carbocycles. The largest absolute Gasteiger partial charge is 0.481 e. The molecule has 0 spiro atoms. The molecule has 0 radical (unpaired) electrons. The van der Waals surface area contributed by atoms with Crippen molar-refractivity contribution in [1.82, 2.24) is 0 Å². The first-order valence-corrected chi connectivity index (χ1v) is 13.9. The van der Waals surface area contributed by atoms with Crippen molar-refractivity contribution in [3.8, 4) is 0 Å². The highest BCUT2D eigenvalue weighted by Gasteiger charge is 2.56. The molecule has 190 valence electrons. The summed E-state index contributed by atoms with van der Waals surface area (Å²) in [6, 6.07) is 0. The molecule has 3 heteroatoms. The topological polar surface area (TPSA) is 57.5 Å². The van der Waals surface area contributed by atoms with E-state index in [1.54, 1.807) is 0 Å². The highest BCUT2D eigenvalue weighted by atomic mass is 16.4. The van der Waals surface area contributed by atoms with E-state index in [1.807, 2.05) is 13.8 Å². The molecule has 3 aliphatic rings. The van der Waals surface area contributed by atoms with E-state index < -0.39 is 5.97 Å². The maximum absolute atomic E-state index is 9.42. The van der Waals surface area contributed by atoms with Gasteiger partial charge in [-0.2, -0.15) is 0 Å². The number of aliphatic hydroxyl groups excluding tert-OH is 1. The molecule has 3 aliphatic carbocycles. The smallest absolute Gasteiger partial charge is 0.300 e. The van der Waals surface area contributed by atoms with E-state index in [0.717, 1.165) is 60.7 Å². The highest BCUT2D eigenvalue weighted by Crippen LogP contribution is 2.64. The van der Waals surface area contributed by atoms with E-state index in [0.29, 0.717) is 12.0 Å². The number of aliphatic carboxylic acids is 1. The lowest BCUT2D eigenvalue weighted by Gasteiger charge is -2.55. The maximum atomic E-state index is 9.42. The van der Waals surface area contributed by atoms with Crippen molar-refractivity contribution in [2.24, 2.45) is 52.8 Å². The Bertz CT molecular complexity index is 526. The molecule has 32 heavy (non-hydrogen) atoms. The first-order valence-electron chi connectivity index (χ1n) is 13.9.